The molecule has 4 heteroatoms. The second kappa shape index (κ2) is 7.75. The first-order chi connectivity index (χ1) is 10.5. The van der Waals surface area contributed by atoms with Crippen LogP contribution in [-0.2, 0) is 11.2 Å². The molecule has 1 aliphatic carbocycles. The van der Waals surface area contributed by atoms with E-state index in [4.69, 9.17) is 0 Å². The number of aliphatic hydroxyl groups is 1. The molecule has 1 amide bonds. The summed E-state index contributed by atoms with van der Waals surface area (Å²) in [4.78, 5) is 14.4. The van der Waals surface area contributed by atoms with Gasteiger partial charge in [0.2, 0.25) is 5.91 Å². The minimum absolute atomic E-state index is 0.0375. The van der Waals surface area contributed by atoms with E-state index in [2.05, 4.69) is 5.32 Å². The Balaban J connectivity index is 1.84. The van der Waals surface area contributed by atoms with Crippen LogP contribution >= 0.6 is 0 Å². The Morgan fingerprint density at radius 1 is 1.27 bits per heavy atom. The first kappa shape index (κ1) is 17.0. The van der Waals surface area contributed by atoms with E-state index in [-0.39, 0.29) is 11.9 Å². The van der Waals surface area contributed by atoms with Gasteiger partial charge in [0.1, 0.15) is 0 Å². The maximum absolute atomic E-state index is 12.4. The van der Waals surface area contributed by atoms with E-state index in [1.54, 1.807) is 0 Å². The average molecular weight is 304 g/mol. The summed E-state index contributed by atoms with van der Waals surface area (Å²) in [6, 6.07) is 9.89. The zero-order valence-corrected chi connectivity index (χ0v) is 13.7. The topological polar surface area (TPSA) is 52.6 Å². The SMILES string of the molecule is CN(C)C(Cc1ccccc1)C(=O)NCCC1(O)CCCC1. The number of amides is 1. The summed E-state index contributed by atoms with van der Waals surface area (Å²) < 4.78 is 0. The van der Waals surface area contributed by atoms with Crippen molar-refractivity contribution in [1.82, 2.24) is 10.2 Å². The van der Waals surface area contributed by atoms with Crippen LogP contribution in [0.1, 0.15) is 37.7 Å². The molecule has 0 aliphatic heterocycles. The van der Waals surface area contributed by atoms with Crippen molar-refractivity contribution in [2.45, 2.75) is 50.2 Å². The van der Waals surface area contributed by atoms with Crippen LogP contribution in [0, 0.1) is 0 Å². The highest BCUT2D eigenvalue weighted by Crippen LogP contribution is 2.31. The summed E-state index contributed by atoms with van der Waals surface area (Å²) in [6.07, 6.45) is 5.28. The van der Waals surface area contributed by atoms with Gasteiger partial charge in [0.25, 0.3) is 0 Å². The number of nitrogens with one attached hydrogen (secondary N) is 1. The third-order valence-electron chi connectivity index (χ3n) is 4.62. The Morgan fingerprint density at radius 3 is 2.50 bits per heavy atom. The predicted octanol–water partition coefficient (Wildman–Crippen LogP) is 1.97. The summed E-state index contributed by atoms with van der Waals surface area (Å²) in [7, 11) is 3.86. The summed E-state index contributed by atoms with van der Waals surface area (Å²) in [5, 5.41) is 13.3. The molecule has 1 atom stereocenters. The van der Waals surface area contributed by atoms with E-state index in [0.717, 1.165) is 31.2 Å². The lowest BCUT2D eigenvalue weighted by Crippen LogP contribution is -2.46. The molecule has 1 aliphatic rings. The van der Waals surface area contributed by atoms with Gasteiger partial charge >= 0.3 is 0 Å². The largest absolute Gasteiger partial charge is 0.390 e. The van der Waals surface area contributed by atoms with Crippen LogP contribution in [0.25, 0.3) is 0 Å². The molecule has 0 bridgehead atoms. The Kier molecular flexibility index (Phi) is 5.98. The van der Waals surface area contributed by atoms with Crippen LogP contribution in [0.15, 0.2) is 30.3 Å². The van der Waals surface area contributed by atoms with Crippen molar-refractivity contribution in [2.75, 3.05) is 20.6 Å². The highest BCUT2D eigenvalue weighted by atomic mass is 16.3. The lowest BCUT2D eigenvalue weighted by Gasteiger charge is -2.26. The van der Waals surface area contributed by atoms with Crippen LogP contribution in [0.3, 0.4) is 0 Å². The summed E-state index contributed by atoms with van der Waals surface area (Å²) in [6.45, 7) is 0.550. The maximum atomic E-state index is 12.4. The van der Waals surface area contributed by atoms with Crippen LogP contribution in [0.2, 0.25) is 0 Å². The highest BCUT2D eigenvalue weighted by molar-refractivity contribution is 5.82. The Labute approximate surface area is 133 Å². The van der Waals surface area contributed by atoms with Crippen molar-refractivity contribution in [3.63, 3.8) is 0 Å². The second-order valence-electron chi connectivity index (χ2n) is 6.64. The van der Waals surface area contributed by atoms with Gasteiger partial charge in [-0.25, -0.2) is 0 Å². The lowest BCUT2D eigenvalue weighted by molar-refractivity contribution is -0.125. The van der Waals surface area contributed by atoms with Crippen LogP contribution in [0.5, 0.6) is 0 Å². The van der Waals surface area contributed by atoms with Crippen molar-refractivity contribution in [3.05, 3.63) is 35.9 Å². The molecule has 0 spiro atoms. The van der Waals surface area contributed by atoms with Gasteiger partial charge in [-0.05, 0) is 45.3 Å². The Morgan fingerprint density at radius 2 is 1.91 bits per heavy atom. The second-order valence-corrected chi connectivity index (χ2v) is 6.64. The van der Waals surface area contributed by atoms with Crippen LogP contribution in [0.4, 0.5) is 0 Å². The standard InChI is InChI=1S/C18H28N2O2/c1-20(2)16(14-15-8-4-3-5-9-15)17(21)19-13-12-18(22)10-6-7-11-18/h3-5,8-9,16,22H,6-7,10-14H2,1-2H3,(H,19,21). The zero-order chi connectivity index (χ0) is 16.0. The van der Waals surface area contributed by atoms with Crippen LogP contribution in [-0.4, -0.2) is 48.2 Å². The molecule has 0 heterocycles. The van der Waals surface area contributed by atoms with Crippen LogP contribution < -0.4 is 5.32 Å². The normalized spacial score (nSPS) is 18.4. The van der Waals surface area contributed by atoms with Crippen molar-refractivity contribution in [1.29, 1.82) is 0 Å². The number of carbonyl (C=O) groups excluding carboxylic acids is 1. The molecular formula is C18H28N2O2. The first-order valence-electron chi connectivity index (χ1n) is 8.21. The number of carbonyl (C=O) groups is 1. The fourth-order valence-corrected chi connectivity index (χ4v) is 3.17. The average Bonchev–Trinajstić information content (AvgIpc) is 2.92. The number of nitrogens with zero attached hydrogens (tertiary/aromatic N) is 1. The Hall–Kier alpha value is -1.39. The van der Waals surface area contributed by atoms with Gasteiger partial charge in [-0.1, -0.05) is 43.2 Å². The van der Waals surface area contributed by atoms with E-state index in [9.17, 15) is 9.90 Å². The minimum Gasteiger partial charge on any atom is -0.390 e. The van der Waals surface area contributed by atoms with Gasteiger partial charge in [0.15, 0.2) is 0 Å². The van der Waals surface area contributed by atoms with Crippen molar-refractivity contribution < 1.29 is 9.90 Å². The molecule has 0 saturated heterocycles. The van der Waals surface area contributed by atoms with Gasteiger partial charge in [-0.2, -0.15) is 0 Å². The van der Waals surface area contributed by atoms with Crippen molar-refractivity contribution in [3.8, 4) is 0 Å². The van der Waals surface area contributed by atoms with E-state index in [0.29, 0.717) is 19.4 Å². The van der Waals surface area contributed by atoms with E-state index in [1.807, 2.05) is 49.3 Å². The van der Waals surface area contributed by atoms with E-state index >= 15 is 0 Å². The number of hydrogen-bond donors (Lipinski definition) is 2. The smallest absolute Gasteiger partial charge is 0.237 e. The fraction of sp³-hybridized carbons (Fsp3) is 0.611. The maximum Gasteiger partial charge on any atom is 0.237 e. The molecule has 1 fully saturated rings. The molecule has 22 heavy (non-hydrogen) atoms. The molecular weight excluding hydrogens is 276 g/mol. The van der Waals surface area contributed by atoms with Crippen molar-refractivity contribution in [2.24, 2.45) is 0 Å². The molecule has 4 nitrogen and oxygen atoms in total. The molecule has 1 aromatic carbocycles. The summed E-state index contributed by atoms with van der Waals surface area (Å²) in [5.74, 6) is 0.0375. The van der Waals surface area contributed by atoms with E-state index in [1.165, 1.54) is 0 Å². The van der Waals surface area contributed by atoms with E-state index < -0.39 is 5.60 Å². The number of hydrogen-bond acceptors (Lipinski definition) is 3. The van der Waals surface area contributed by atoms with Crippen molar-refractivity contribution >= 4 is 5.91 Å². The third-order valence-corrected chi connectivity index (χ3v) is 4.62. The highest BCUT2D eigenvalue weighted by Gasteiger charge is 2.31. The quantitative estimate of drug-likeness (QED) is 0.810. The minimum atomic E-state index is -0.555. The third kappa shape index (κ3) is 4.82. The number of benzene rings is 1. The molecule has 1 unspecified atom stereocenters. The molecule has 2 N–H and O–H groups in total. The molecule has 1 saturated carbocycles. The fourth-order valence-electron chi connectivity index (χ4n) is 3.17. The number of likely N-dealkylation sites (N-methyl/N-ethyl adjacent to an activating group) is 1. The van der Waals surface area contributed by atoms with Gasteiger partial charge in [0.05, 0.1) is 11.6 Å². The van der Waals surface area contributed by atoms with Gasteiger partial charge in [-0.3, -0.25) is 9.69 Å². The van der Waals surface area contributed by atoms with Gasteiger partial charge < -0.3 is 10.4 Å². The summed E-state index contributed by atoms with van der Waals surface area (Å²) in [5.41, 5.74) is 0.603. The number of rotatable bonds is 7. The Bertz CT molecular complexity index is 467. The summed E-state index contributed by atoms with van der Waals surface area (Å²) >= 11 is 0. The predicted molar refractivity (Wildman–Crippen MR) is 88.7 cm³/mol. The molecule has 2 rings (SSSR count). The molecule has 1 aromatic rings. The monoisotopic (exact) mass is 304 g/mol. The van der Waals surface area contributed by atoms with Gasteiger partial charge in [-0.15, -0.1) is 0 Å². The molecule has 122 valence electrons. The first-order valence-corrected chi connectivity index (χ1v) is 8.21. The lowest BCUT2D eigenvalue weighted by atomic mass is 9.98. The molecule has 0 radical (unpaired) electrons. The zero-order valence-electron chi connectivity index (χ0n) is 13.7. The van der Waals surface area contributed by atoms with Gasteiger partial charge in [0, 0.05) is 6.54 Å². The molecule has 0 aromatic heterocycles.